The van der Waals surface area contributed by atoms with Gasteiger partial charge in [-0.15, -0.1) is 11.8 Å². The van der Waals surface area contributed by atoms with Gasteiger partial charge in [-0.1, -0.05) is 42.5 Å². The molecule has 0 amide bonds. The Bertz CT molecular complexity index is 738. The molecule has 4 nitrogen and oxygen atoms in total. The van der Waals surface area contributed by atoms with Gasteiger partial charge in [0.25, 0.3) is 0 Å². The van der Waals surface area contributed by atoms with E-state index in [2.05, 4.69) is 0 Å². The van der Waals surface area contributed by atoms with E-state index in [1.807, 2.05) is 61.5 Å². The Morgan fingerprint density at radius 1 is 1.04 bits per heavy atom. The first kappa shape index (κ1) is 22.6. The van der Waals surface area contributed by atoms with Gasteiger partial charge in [-0.2, -0.15) is 0 Å². The van der Waals surface area contributed by atoms with Crippen LogP contribution in [0.1, 0.15) is 25.8 Å². The molecule has 3 unspecified atom stereocenters. The molecule has 0 N–H and O–H groups in total. The van der Waals surface area contributed by atoms with Crippen molar-refractivity contribution in [3.63, 3.8) is 0 Å². The fourth-order valence-electron chi connectivity index (χ4n) is 3.00. The first-order valence-corrected chi connectivity index (χ1v) is 11.8. The minimum Gasteiger partial charge on any atom is -0.493 e. The highest BCUT2D eigenvalue weighted by atomic mass is 32.2. The molecule has 28 heavy (non-hydrogen) atoms. The average molecular weight is 421 g/mol. The number of benzene rings is 2. The van der Waals surface area contributed by atoms with Gasteiger partial charge in [0, 0.05) is 16.3 Å². The molecule has 2 aromatic rings. The van der Waals surface area contributed by atoms with Crippen molar-refractivity contribution in [2.24, 2.45) is 5.92 Å². The second kappa shape index (κ2) is 12.7. The van der Waals surface area contributed by atoms with Crippen LogP contribution < -0.4 is 4.74 Å². The number of ether oxygens (including phenoxy) is 2. The lowest BCUT2D eigenvalue weighted by molar-refractivity contribution is -0.148. The standard InChI is InChI=1S/C22H29O4PS/c1-3-25-19-12-8-9-13-21(19)28-16-20(27-24)18(22(23)26-4-2)15-14-17-10-6-5-7-11-17/h5-13,18,20H,3-4,14-16,27H2,1-2H3. The van der Waals surface area contributed by atoms with Gasteiger partial charge < -0.3 is 14.0 Å². The molecule has 0 heterocycles. The Morgan fingerprint density at radius 3 is 2.43 bits per heavy atom. The van der Waals surface area contributed by atoms with E-state index in [1.54, 1.807) is 18.7 Å². The third kappa shape index (κ3) is 7.03. The van der Waals surface area contributed by atoms with Crippen LogP contribution in [0.4, 0.5) is 0 Å². The molecule has 0 radical (unpaired) electrons. The normalized spacial score (nSPS) is 13.4. The summed E-state index contributed by atoms with van der Waals surface area (Å²) in [5, 5.41) is 0. The first-order chi connectivity index (χ1) is 13.7. The summed E-state index contributed by atoms with van der Waals surface area (Å²) in [6.07, 6.45) is 1.40. The van der Waals surface area contributed by atoms with E-state index in [-0.39, 0.29) is 17.5 Å². The van der Waals surface area contributed by atoms with Gasteiger partial charge in [-0.25, -0.2) is 0 Å². The van der Waals surface area contributed by atoms with Crippen LogP contribution in [-0.2, 0) is 20.5 Å². The summed E-state index contributed by atoms with van der Waals surface area (Å²) >= 11 is 1.59. The highest BCUT2D eigenvalue weighted by molar-refractivity contribution is 7.99. The van der Waals surface area contributed by atoms with Crippen molar-refractivity contribution in [2.45, 2.75) is 37.2 Å². The summed E-state index contributed by atoms with van der Waals surface area (Å²) in [6, 6.07) is 17.9. The minimum absolute atomic E-state index is 0.206. The van der Waals surface area contributed by atoms with Crippen molar-refractivity contribution in [2.75, 3.05) is 19.0 Å². The van der Waals surface area contributed by atoms with Gasteiger partial charge in [0.2, 0.25) is 0 Å². The Kier molecular flexibility index (Phi) is 10.2. The molecule has 2 aromatic carbocycles. The second-order valence-electron chi connectivity index (χ2n) is 6.37. The fraction of sp³-hybridized carbons (Fsp3) is 0.409. The van der Waals surface area contributed by atoms with Crippen LogP contribution in [0.3, 0.4) is 0 Å². The lowest BCUT2D eigenvalue weighted by Crippen LogP contribution is -2.29. The predicted molar refractivity (Wildman–Crippen MR) is 117 cm³/mol. The van der Waals surface area contributed by atoms with Gasteiger partial charge in [0.1, 0.15) is 5.75 Å². The number of thioether (sulfide) groups is 1. The summed E-state index contributed by atoms with van der Waals surface area (Å²) < 4.78 is 23.0. The lowest BCUT2D eigenvalue weighted by Gasteiger charge is -2.22. The third-order valence-corrected chi connectivity index (χ3v) is 7.04. The maximum absolute atomic E-state index is 12.6. The number of esters is 1. The van der Waals surface area contributed by atoms with Crippen molar-refractivity contribution in [3.05, 3.63) is 60.2 Å². The van der Waals surface area contributed by atoms with Crippen molar-refractivity contribution >= 4 is 26.2 Å². The molecule has 0 spiro atoms. The van der Waals surface area contributed by atoms with Crippen LogP contribution in [0.25, 0.3) is 0 Å². The van der Waals surface area contributed by atoms with Crippen molar-refractivity contribution in [1.82, 2.24) is 0 Å². The zero-order valence-corrected chi connectivity index (χ0v) is 18.5. The third-order valence-electron chi connectivity index (χ3n) is 4.45. The van der Waals surface area contributed by atoms with Gasteiger partial charge in [-0.05, 0) is 44.4 Å². The van der Waals surface area contributed by atoms with Gasteiger partial charge in [0.05, 0.1) is 27.6 Å². The number of para-hydroxylation sites is 1. The smallest absolute Gasteiger partial charge is 0.309 e. The molecule has 152 valence electrons. The number of aryl methyl sites for hydroxylation is 1. The molecule has 0 fully saturated rings. The first-order valence-electron chi connectivity index (χ1n) is 9.70. The molecule has 2 rings (SSSR count). The molecule has 0 saturated heterocycles. The van der Waals surface area contributed by atoms with Crippen molar-refractivity contribution in [3.8, 4) is 5.75 Å². The SMILES string of the molecule is CCOC(=O)C(CCc1ccccc1)C(CSc1ccccc1OCC)[PH2]=O. The van der Waals surface area contributed by atoms with E-state index in [0.717, 1.165) is 17.1 Å². The van der Waals surface area contributed by atoms with Crippen molar-refractivity contribution in [1.29, 1.82) is 0 Å². The maximum Gasteiger partial charge on any atom is 0.309 e. The molecule has 0 aliphatic rings. The summed E-state index contributed by atoms with van der Waals surface area (Å²) in [5.41, 5.74) is 0.966. The molecular formula is C22H29O4PS. The van der Waals surface area contributed by atoms with Crippen LogP contribution in [0.15, 0.2) is 59.5 Å². The molecule has 0 aromatic heterocycles. The van der Waals surface area contributed by atoms with Crippen LogP contribution in [0.5, 0.6) is 5.75 Å². The molecule has 3 atom stereocenters. The van der Waals surface area contributed by atoms with E-state index in [9.17, 15) is 9.36 Å². The van der Waals surface area contributed by atoms with Gasteiger partial charge >= 0.3 is 5.97 Å². The second-order valence-corrected chi connectivity index (χ2v) is 8.56. The molecule has 6 heteroatoms. The Labute approximate surface area is 173 Å². The zero-order chi connectivity index (χ0) is 20.2. The number of carbonyl (C=O) groups excluding carboxylic acids is 1. The van der Waals surface area contributed by atoms with Crippen LogP contribution in [0, 0.1) is 5.92 Å². The Hall–Kier alpha value is -1.71. The van der Waals surface area contributed by atoms with E-state index >= 15 is 0 Å². The highest BCUT2D eigenvalue weighted by Gasteiger charge is 2.29. The number of rotatable bonds is 12. The van der Waals surface area contributed by atoms with E-state index in [1.165, 1.54) is 5.56 Å². The fourth-order valence-corrected chi connectivity index (χ4v) is 5.19. The maximum atomic E-state index is 12.6. The average Bonchev–Trinajstić information content (AvgIpc) is 2.72. The zero-order valence-electron chi connectivity index (χ0n) is 16.5. The Morgan fingerprint density at radius 2 is 1.75 bits per heavy atom. The molecule has 0 aliphatic heterocycles. The predicted octanol–water partition coefficient (Wildman–Crippen LogP) is 5.11. The van der Waals surface area contributed by atoms with Gasteiger partial charge in [0.15, 0.2) is 0 Å². The topological polar surface area (TPSA) is 52.6 Å². The summed E-state index contributed by atoms with van der Waals surface area (Å²) in [5.74, 6) is 0.817. The molecule has 0 saturated carbocycles. The van der Waals surface area contributed by atoms with E-state index < -0.39 is 8.46 Å². The highest BCUT2D eigenvalue weighted by Crippen LogP contribution is 2.34. The Balaban J connectivity index is 2.08. The molecular weight excluding hydrogens is 391 g/mol. The monoisotopic (exact) mass is 420 g/mol. The summed E-state index contributed by atoms with van der Waals surface area (Å²) in [6.45, 7) is 4.68. The number of carbonyl (C=O) groups is 1. The molecule has 0 aliphatic carbocycles. The van der Waals surface area contributed by atoms with Crippen LogP contribution >= 0.6 is 20.2 Å². The minimum atomic E-state index is -1.10. The van der Waals surface area contributed by atoms with Crippen molar-refractivity contribution < 1.29 is 18.8 Å². The van der Waals surface area contributed by atoms with E-state index in [4.69, 9.17) is 9.47 Å². The summed E-state index contributed by atoms with van der Waals surface area (Å²) in [7, 11) is -1.10. The van der Waals surface area contributed by atoms with Gasteiger partial charge in [-0.3, -0.25) is 4.79 Å². The van der Waals surface area contributed by atoms with Crippen LogP contribution in [0.2, 0.25) is 0 Å². The largest absolute Gasteiger partial charge is 0.493 e. The van der Waals surface area contributed by atoms with E-state index in [0.29, 0.717) is 25.4 Å². The summed E-state index contributed by atoms with van der Waals surface area (Å²) in [4.78, 5) is 13.6. The van der Waals surface area contributed by atoms with Crippen LogP contribution in [-0.4, -0.2) is 30.6 Å². The lowest BCUT2D eigenvalue weighted by atomic mass is 9.96. The quantitative estimate of drug-likeness (QED) is 0.271. The number of hydrogen-bond donors (Lipinski definition) is 0. The molecule has 0 bridgehead atoms. The number of hydrogen-bond acceptors (Lipinski definition) is 5.